The summed E-state index contributed by atoms with van der Waals surface area (Å²) in [5, 5.41) is 5.97. The molecule has 0 saturated heterocycles. The summed E-state index contributed by atoms with van der Waals surface area (Å²) in [5.74, 6) is 0. The van der Waals surface area contributed by atoms with Gasteiger partial charge < -0.3 is 0 Å². The number of nitrogens with zero attached hydrogens (tertiary/aromatic N) is 3. The number of fused-ring (bicyclic) bond motifs is 28. The number of pyridine rings is 3. The Bertz CT molecular complexity index is 6950. The summed E-state index contributed by atoms with van der Waals surface area (Å²) in [5.41, 5.74) is 30.8. The van der Waals surface area contributed by atoms with E-state index >= 15 is 9.59 Å². The maximum absolute atomic E-state index is 15.5. The van der Waals surface area contributed by atoms with Crippen LogP contribution >= 0.6 is 0 Å². The van der Waals surface area contributed by atoms with Crippen LogP contribution in [-0.2, 0) is 16.4 Å². The first kappa shape index (κ1) is 59.3. The number of benzene rings is 15. The van der Waals surface area contributed by atoms with E-state index in [4.69, 9.17) is 4.98 Å². The van der Waals surface area contributed by atoms with Crippen molar-refractivity contribution in [2.24, 2.45) is 0 Å². The molecule has 3 heterocycles. The molecule has 0 aliphatic heterocycles. The van der Waals surface area contributed by atoms with Gasteiger partial charge in [-0.15, -0.1) is 0 Å². The monoisotopic (exact) mass is 1340 g/mol. The van der Waals surface area contributed by atoms with Crippen molar-refractivity contribution in [2.45, 2.75) is 30.2 Å². The molecule has 0 N–H and O–H groups in total. The standard InChI is InChI=1S/C100H63N3O2/c1-98(2,103-94-42-21-14-33-78(94)83-59-101-92-41-20-13-35-80(92)95(83)97(103)105)68-53-66(60-23-4-3-5-24-60)52-67(54-68)62-26-22-25-61(51-62)63-44-49-89-81(55-63)75-32-12-19-40-88(75)100(89)87-39-18-10-30-73(87)76-47-43-65(57-90(76)100)64-45-50-93-82(56-64)70-27-6-7-34-79(70)96(104)102(93)69-46-48-77-74-31-11-17-38-86(74)99(91(77)58-69)84-36-15-8-28-71(84)72-29-9-16-37-85(72)99/h3-59H,1-2H3. The van der Waals surface area contributed by atoms with E-state index in [9.17, 15) is 0 Å². The maximum atomic E-state index is 15.5. The fourth-order valence-corrected chi connectivity index (χ4v) is 19.4. The zero-order valence-electron chi connectivity index (χ0n) is 57.6. The molecule has 0 amide bonds. The van der Waals surface area contributed by atoms with Gasteiger partial charge in [-0.2, -0.15) is 0 Å². The van der Waals surface area contributed by atoms with Gasteiger partial charge in [0.15, 0.2) is 0 Å². The Labute approximate surface area is 606 Å². The summed E-state index contributed by atoms with van der Waals surface area (Å²) >= 11 is 0. The van der Waals surface area contributed by atoms with Gasteiger partial charge in [0.1, 0.15) is 0 Å². The van der Waals surface area contributed by atoms with Gasteiger partial charge in [0, 0.05) is 38.8 Å². The highest BCUT2D eigenvalue weighted by Gasteiger charge is 2.53. The quantitative estimate of drug-likeness (QED) is 0.149. The van der Waals surface area contributed by atoms with E-state index in [1.165, 1.54) is 89.0 Å². The Kier molecular flexibility index (Phi) is 12.3. The van der Waals surface area contributed by atoms with Crippen molar-refractivity contribution in [3.05, 3.63) is 417 Å². The Morgan fingerprint density at radius 1 is 0.276 bits per heavy atom. The number of rotatable bonds is 7. The Hall–Kier alpha value is -13.4. The van der Waals surface area contributed by atoms with Crippen LogP contribution in [0, 0.1) is 0 Å². The predicted octanol–water partition coefficient (Wildman–Crippen LogP) is 23.3. The first-order valence-electron chi connectivity index (χ1n) is 36.3. The SMILES string of the molecule is CC(C)(c1cc(-c2ccccc2)cc(-c2cccc(-c3ccc4c(c3)-c3ccccc3C43c4ccccc4-c4ccc(-c5ccc6c(c5)c5ccccc5c(=O)n6-c5ccc6c(c5)C5(c7ccccc7-c7ccccc75)c5ccccc5-6)cc43)c2)c1)n1c(=O)c2c3ccccc3ncc2c2ccccc21. The zero-order chi connectivity index (χ0) is 69.6. The van der Waals surface area contributed by atoms with Crippen LogP contribution in [0.15, 0.2) is 356 Å². The maximum Gasteiger partial charge on any atom is 0.263 e. The van der Waals surface area contributed by atoms with Crippen molar-refractivity contribution < 1.29 is 0 Å². The molecule has 5 heteroatoms. The lowest BCUT2D eigenvalue weighted by Crippen LogP contribution is -2.37. The molecule has 3 aromatic heterocycles. The molecule has 105 heavy (non-hydrogen) atoms. The second-order valence-electron chi connectivity index (χ2n) is 29.4. The second kappa shape index (κ2) is 21.8. The van der Waals surface area contributed by atoms with Crippen LogP contribution in [0.25, 0.3) is 149 Å². The lowest BCUT2D eigenvalue weighted by molar-refractivity contribution is 0.440. The molecule has 0 bridgehead atoms. The van der Waals surface area contributed by atoms with Crippen molar-refractivity contribution >= 4 is 54.3 Å². The molecule has 5 nitrogen and oxygen atoms in total. The molecule has 18 aromatic rings. The molecule has 0 radical (unpaired) electrons. The highest BCUT2D eigenvalue weighted by molar-refractivity contribution is 6.15. The molecule has 4 aliphatic rings. The Balaban J connectivity index is 0.671. The number of hydrogen-bond acceptors (Lipinski definition) is 3. The van der Waals surface area contributed by atoms with Crippen LogP contribution in [0.2, 0.25) is 0 Å². The largest absolute Gasteiger partial charge is 0.298 e. The van der Waals surface area contributed by atoms with Crippen molar-refractivity contribution in [1.82, 2.24) is 14.1 Å². The fourth-order valence-electron chi connectivity index (χ4n) is 19.4. The molecule has 2 spiro atoms. The van der Waals surface area contributed by atoms with Crippen LogP contribution in [0.5, 0.6) is 0 Å². The van der Waals surface area contributed by atoms with Crippen molar-refractivity contribution in [1.29, 1.82) is 0 Å². The summed E-state index contributed by atoms with van der Waals surface area (Å²) < 4.78 is 3.98. The van der Waals surface area contributed by atoms with Gasteiger partial charge in [0.25, 0.3) is 11.1 Å². The number of para-hydroxylation sites is 2. The lowest BCUT2D eigenvalue weighted by atomic mass is 9.70. The molecule has 0 saturated carbocycles. The molecule has 0 fully saturated rings. The van der Waals surface area contributed by atoms with Gasteiger partial charge in [-0.3, -0.25) is 23.7 Å². The summed E-state index contributed by atoms with van der Waals surface area (Å²) in [6, 6.07) is 123. The number of aromatic nitrogens is 3. The third-order valence-corrected chi connectivity index (χ3v) is 24.0. The molecule has 4 aliphatic carbocycles. The minimum Gasteiger partial charge on any atom is -0.298 e. The van der Waals surface area contributed by atoms with Crippen LogP contribution in [-0.4, -0.2) is 14.1 Å². The van der Waals surface area contributed by atoms with E-state index in [1.54, 1.807) is 0 Å². The molecule has 15 aromatic carbocycles. The summed E-state index contributed by atoms with van der Waals surface area (Å²) in [4.78, 5) is 35.8. The summed E-state index contributed by atoms with van der Waals surface area (Å²) in [6.45, 7) is 4.36. The third kappa shape index (κ3) is 8.04. The molecule has 22 rings (SSSR count). The van der Waals surface area contributed by atoms with Crippen LogP contribution in [0.4, 0.5) is 0 Å². The topological polar surface area (TPSA) is 56.9 Å². The first-order valence-corrected chi connectivity index (χ1v) is 36.3. The average Bonchev–Trinajstić information content (AvgIpc) is 1.52. The van der Waals surface area contributed by atoms with Gasteiger partial charge in [-0.1, -0.05) is 261 Å². The Morgan fingerprint density at radius 3 is 1.38 bits per heavy atom. The van der Waals surface area contributed by atoms with Crippen LogP contribution < -0.4 is 11.1 Å². The molecular formula is C100H63N3O2. The molecular weight excluding hydrogens is 1280 g/mol. The smallest absolute Gasteiger partial charge is 0.263 e. The zero-order valence-corrected chi connectivity index (χ0v) is 57.6. The third-order valence-electron chi connectivity index (χ3n) is 24.0. The molecule has 1 atom stereocenters. The number of hydrogen-bond donors (Lipinski definition) is 0. The highest BCUT2D eigenvalue weighted by atomic mass is 16.1. The van der Waals surface area contributed by atoms with Crippen molar-refractivity contribution in [3.63, 3.8) is 0 Å². The van der Waals surface area contributed by atoms with E-state index in [-0.39, 0.29) is 11.1 Å². The molecule has 490 valence electrons. The summed E-state index contributed by atoms with van der Waals surface area (Å²) in [7, 11) is 0. The average molecular weight is 1340 g/mol. The first-order chi connectivity index (χ1) is 51.7. The van der Waals surface area contributed by atoms with Gasteiger partial charge in [-0.05, 0) is 237 Å². The van der Waals surface area contributed by atoms with Crippen LogP contribution in [0.1, 0.15) is 63.9 Å². The van der Waals surface area contributed by atoms with E-state index < -0.39 is 16.4 Å². The minimum atomic E-state index is -0.814. The molecule has 1 unspecified atom stereocenters. The second-order valence-corrected chi connectivity index (χ2v) is 29.4. The fraction of sp³-hybridized carbons (Fsp3) is 0.0500. The lowest BCUT2D eigenvalue weighted by Gasteiger charge is -2.32. The predicted molar refractivity (Wildman–Crippen MR) is 431 cm³/mol. The summed E-state index contributed by atoms with van der Waals surface area (Å²) in [6.07, 6.45) is 1.87. The van der Waals surface area contributed by atoms with Crippen molar-refractivity contribution in [2.75, 3.05) is 0 Å². The van der Waals surface area contributed by atoms with Gasteiger partial charge in [0.05, 0.1) is 38.3 Å². The van der Waals surface area contributed by atoms with E-state index in [0.29, 0.717) is 10.8 Å². The van der Waals surface area contributed by atoms with Crippen LogP contribution in [0.3, 0.4) is 0 Å². The van der Waals surface area contributed by atoms with E-state index in [0.717, 1.165) is 99.2 Å². The minimum absolute atomic E-state index is 0.0456. The normalized spacial score (nSPS) is 14.6. The highest BCUT2D eigenvalue weighted by Crippen LogP contribution is 2.65. The van der Waals surface area contributed by atoms with Gasteiger partial charge in [-0.25, -0.2) is 0 Å². The van der Waals surface area contributed by atoms with E-state index in [2.05, 4.69) is 305 Å². The Morgan fingerprint density at radius 2 is 0.724 bits per heavy atom. The van der Waals surface area contributed by atoms with Gasteiger partial charge >= 0.3 is 0 Å². The van der Waals surface area contributed by atoms with Crippen molar-refractivity contribution in [3.8, 4) is 94.7 Å². The van der Waals surface area contributed by atoms with E-state index in [1.807, 2.05) is 63.9 Å². The van der Waals surface area contributed by atoms with Gasteiger partial charge in [0.2, 0.25) is 0 Å².